The molecule has 0 radical (unpaired) electrons. The number of piperidine rings is 1. The predicted molar refractivity (Wildman–Crippen MR) is 87.2 cm³/mol. The summed E-state index contributed by atoms with van der Waals surface area (Å²) in [5.74, 6) is 2.63. The van der Waals surface area contributed by atoms with E-state index in [1.54, 1.807) is 6.07 Å². The Morgan fingerprint density at radius 3 is 2.96 bits per heavy atom. The summed E-state index contributed by atoms with van der Waals surface area (Å²) in [6.07, 6.45) is 7.87. The van der Waals surface area contributed by atoms with Crippen molar-refractivity contribution >= 4 is 5.91 Å². The molecule has 2 aromatic heterocycles. The minimum absolute atomic E-state index is 0.00169. The molecule has 7 heteroatoms. The number of rotatable bonds is 3. The van der Waals surface area contributed by atoms with Gasteiger partial charge in [-0.05, 0) is 38.2 Å². The molecule has 4 rings (SSSR count). The van der Waals surface area contributed by atoms with Gasteiger partial charge in [0, 0.05) is 19.5 Å². The molecule has 2 aliphatic heterocycles. The van der Waals surface area contributed by atoms with Gasteiger partial charge in [0.05, 0.1) is 18.2 Å². The van der Waals surface area contributed by atoms with Crippen molar-refractivity contribution in [2.24, 2.45) is 5.73 Å². The van der Waals surface area contributed by atoms with Gasteiger partial charge < -0.3 is 19.6 Å². The van der Waals surface area contributed by atoms with E-state index >= 15 is 0 Å². The van der Waals surface area contributed by atoms with Gasteiger partial charge in [0.1, 0.15) is 17.8 Å². The van der Waals surface area contributed by atoms with Crippen LogP contribution in [0.1, 0.15) is 65.9 Å². The molecule has 4 heterocycles. The fraction of sp³-hybridized carbons (Fsp3) is 0.588. The van der Waals surface area contributed by atoms with Crippen LogP contribution in [0.4, 0.5) is 0 Å². The first-order chi connectivity index (χ1) is 11.8. The highest BCUT2D eigenvalue weighted by Crippen LogP contribution is 2.33. The molecule has 2 aliphatic rings. The van der Waals surface area contributed by atoms with Crippen LogP contribution in [-0.2, 0) is 19.5 Å². The van der Waals surface area contributed by atoms with E-state index in [1.165, 1.54) is 12.7 Å². The number of aromatic nitrogens is 3. The highest BCUT2D eigenvalue weighted by Gasteiger charge is 2.33. The fourth-order valence-electron chi connectivity index (χ4n) is 3.79. The minimum atomic E-state index is -0.00342. The van der Waals surface area contributed by atoms with E-state index in [1.807, 2.05) is 4.90 Å². The van der Waals surface area contributed by atoms with E-state index in [2.05, 4.69) is 14.8 Å². The largest absolute Gasteiger partial charge is 0.467 e. The van der Waals surface area contributed by atoms with Crippen LogP contribution in [-0.4, -0.2) is 32.1 Å². The van der Waals surface area contributed by atoms with Gasteiger partial charge in [0.2, 0.25) is 0 Å². The van der Waals surface area contributed by atoms with Crippen LogP contribution in [0.3, 0.4) is 0 Å². The number of nitrogens with two attached hydrogens (primary N) is 1. The first-order valence-corrected chi connectivity index (χ1v) is 8.78. The number of carbonyl (C=O) groups is 1. The standard InChI is InChI=1S/C17H23N5O2/c18-10-13-9-12(11-24-13)17(23)21-7-3-1-5-14(21)16-20-19-15-6-2-4-8-22(15)16/h9,11,14H,1-8,10,18H2. The summed E-state index contributed by atoms with van der Waals surface area (Å²) in [7, 11) is 0. The van der Waals surface area contributed by atoms with Crippen LogP contribution >= 0.6 is 0 Å². The molecule has 1 fully saturated rings. The van der Waals surface area contributed by atoms with Gasteiger partial charge in [-0.15, -0.1) is 10.2 Å². The Labute approximate surface area is 140 Å². The molecular weight excluding hydrogens is 306 g/mol. The highest BCUT2D eigenvalue weighted by atomic mass is 16.3. The van der Waals surface area contributed by atoms with Gasteiger partial charge in [0.25, 0.3) is 5.91 Å². The molecule has 24 heavy (non-hydrogen) atoms. The van der Waals surface area contributed by atoms with Gasteiger partial charge >= 0.3 is 0 Å². The zero-order valence-electron chi connectivity index (χ0n) is 13.8. The zero-order valence-corrected chi connectivity index (χ0v) is 13.8. The van der Waals surface area contributed by atoms with Gasteiger partial charge in [-0.25, -0.2) is 0 Å². The van der Waals surface area contributed by atoms with Gasteiger partial charge in [-0.1, -0.05) is 0 Å². The third-order valence-electron chi connectivity index (χ3n) is 5.05. The number of furan rings is 1. The summed E-state index contributed by atoms with van der Waals surface area (Å²) in [5, 5.41) is 8.80. The number of fused-ring (bicyclic) bond motifs is 1. The number of hydrogen-bond donors (Lipinski definition) is 1. The molecule has 1 saturated heterocycles. The minimum Gasteiger partial charge on any atom is -0.467 e. The normalized spacial score (nSPS) is 20.9. The van der Waals surface area contributed by atoms with Crippen molar-refractivity contribution in [1.82, 2.24) is 19.7 Å². The molecular formula is C17H23N5O2. The van der Waals surface area contributed by atoms with E-state index in [-0.39, 0.29) is 11.9 Å². The van der Waals surface area contributed by atoms with E-state index in [4.69, 9.17) is 10.2 Å². The maximum absolute atomic E-state index is 13.0. The van der Waals surface area contributed by atoms with Gasteiger partial charge in [-0.3, -0.25) is 4.79 Å². The van der Waals surface area contributed by atoms with Gasteiger partial charge in [-0.2, -0.15) is 0 Å². The van der Waals surface area contributed by atoms with Crippen molar-refractivity contribution in [2.45, 2.75) is 57.7 Å². The molecule has 0 saturated carbocycles. The van der Waals surface area contributed by atoms with E-state index in [0.29, 0.717) is 17.9 Å². The van der Waals surface area contributed by atoms with Crippen molar-refractivity contribution in [3.63, 3.8) is 0 Å². The number of aryl methyl sites for hydroxylation is 1. The molecule has 1 amide bonds. The van der Waals surface area contributed by atoms with E-state index < -0.39 is 0 Å². The van der Waals surface area contributed by atoms with Crippen LogP contribution in [0.2, 0.25) is 0 Å². The SMILES string of the molecule is NCc1cc(C(=O)N2CCCCC2c2nnc3n2CCCC3)co1. The topological polar surface area (TPSA) is 90.2 Å². The zero-order chi connectivity index (χ0) is 16.5. The lowest BCUT2D eigenvalue weighted by molar-refractivity contribution is 0.0593. The number of amides is 1. The van der Waals surface area contributed by atoms with Gasteiger partial charge in [0.15, 0.2) is 5.82 Å². The summed E-state index contributed by atoms with van der Waals surface area (Å²) in [5.41, 5.74) is 6.15. The third kappa shape index (κ3) is 2.62. The monoisotopic (exact) mass is 329 g/mol. The van der Waals surface area contributed by atoms with Crippen molar-refractivity contribution < 1.29 is 9.21 Å². The average molecular weight is 329 g/mol. The Kier molecular flexibility index (Phi) is 4.10. The Morgan fingerprint density at radius 2 is 2.12 bits per heavy atom. The van der Waals surface area contributed by atoms with E-state index in [0.717, 1.165) is 56.8 Å². The Morgan fingerprint density at radius 1 is 1.25 bits per heavy atom. The summed E-state index contributed by atoms with van der Waals surface area (Å²) in [6, 6.07) is 1.75. The van der Waals surface area contributed by atoms with Crippen LogP contribution in [0, 0.1) is 0 Å². The fourth-order valence-corrected chi connectivity index (χ4v) is 3.79. The second-order valence-electron chi connectivity index (χ2n) is 6.60. The molecule has 1 unspecified atom stereocenters. The molecule has 1 atom stereocenters. The number of hydrogen-bond acceptors (Lipinski definition) is 5. The lowest BCUT2D eigenvalue weighted by Crippen LogP contribution is -2.39. The lowest BCUT2D eigenvalue weighted by Gasteiger charge is -2.35. The van der Waals surface area contributed by atoms with Crippen molar-refractivity contribution in [1.29, 1.82) is 0 Å². The quantitative estimate of drug-likeness (QED) is 0.930. The Balaban J connectivity index is 1.63. The van der Waals surface area contributed by atoms with Crippen LogP contribution < -0.4 is 5.73 Å². The highest BCUT2D eigenvalue weighted by molar-refractivity contribution is 5.94. The van der Waals surface area contributed by atoms with Crippen LogP contribution in [0.5, 0.6) is 0 Å². The van der Waals surface area contributed by atoms with Crippen molar-refractivity contribution in [3.05, 3.63) is 35.3 Å². The first kappa shape index (κ1) is 15.4. The number of nitrogens with zero attached hydrogens (tertiary/aromatic N) is 4. The third-order valence-corrected chi connectivity index (χ3v) is 5.05. The summed E-state index contributed by atoms with van der Waals surface area (Å²) in [6.45, 7) is 2.00. The summed E-state index contributed by atoms with van der Waals surface area (Å²) < 4.78 is 7.56. The second-order valence-corrected chi connectivity index (χ2v) is 6.60. The Bertz CT molecular complexity index is 735. The van der Waals surface area contributed by atoms with Crippen LogP contribution in [0.15, 0.2) is 16.7 Å². The molecule has 0 spiro atoms. The maximum Gasteiger partial charge on any atom is 0.257 e. The molecule has 2 aromatic rings. The van der Waals surface area contributed by atoms with E-state index in [9.17, 15) is 4.79 Å². The predicted octanol–water partition coefficient (Wildman–Crippen LogP) is 2.03. The first-order valence-electron chi connectivity index (χ1n) is 8.78. The molecule has 2 N–H and O–H groups in total. The van der Waals surface area contributed by atoms with Crippen LogP contribution in [0.25, 0.3) is 0 Å². The maximum atomic E-state index is 13.0. The molecule has 7 nitrogen and oxygen atoms in total. The molecule has 0 bridgehead atoms. The molecule has 0 aromatic carbocycles. The molecule has 0 aliphatic carbocycles. The number of likely N-dealkylation sites (tertiary alicyclic amines) is 1. The average Bonchev–Trinajstić information content (AvgIpc) is 3.28. The number of carbonyl (C=O) groups excluding carboxylic acids is 1. The summed E-state index contributed by atoms with van der Waals surface area (Å²) >= 11 is 0. The van der Waals surface area contributed by atoms with Crippen molar-refractivity contribution in [2.75, 3.05) is 6.54 Å². The summed E-state index contributed by atoms with van der Waals surface area (Å²) in [4.78, 5) is 14.9. The Hall–Kier alpha value is -2.15. The van der Waals surface area contributed by atoms with Crippen molar-refractivity contribution in [3.8, 4) is 0 Å². The lowest BCUT2D eigenvalue weighted by atomic mass is 10.00. The molecule has 128 valence electrons. The second kappa shape index (κ2) is 6.39. The smallest absolute Gasteiger partial charge is 0.257 e.